The van der Waals surface area contributed by atoms with Crippen molar-refractivity contribution in [1.29, 1.82) is 0 Å². The minimum Gasteiger partial charge on any atom is -0.293 e. The minimum absolute atomic E-state index is 0.406. The van der Waals surface area contributed by atoms with Crippen molar-refractivity contribution in [3.05, 3.63) is 35.4 Å². The van der Waals surface area contributed by atoms with Gasteiger partial charge in [-0.25, -0.2) is 0 Å². The normalized spacial score (nSPS) is 28.8. The zero-order valence-corrected chi connectivity index (χ0v) is 10.2. The maximum Gasteiger partial charge on any atom is 0.0463 e. The van der Waals surface area contributed by atoms with Crippen LogP contribution in [0.1, 0.15) is 43.7 Å². The molecule has 0 radical (unpaired) electrons. The molecule has 0 N–H and O–H groups in total. The molecule has 1 heteroatoms. The lowest BCUT2D eigenvalue weighted by Crippen LogP contribution is -2.46. The van der Waals surface area contributed by atoms with Crippen LogP contribution in [0, 0.1) is 0 Å². The average molecular weight is 215 g/mol. The van der Waals surface area contributed by atoms with Crippen molar-refractivity contribution in [2.24, 2.45) is 0 Å². The van der Waals surface area contributed by atoms with Crippen molar-refractivity contribution in [1.82, 2.24) is 4.90 Å². The van der Waals surface area contributed by atoms with E-state index in [1.807, 2.05) is 0 Å². The molecule has 16 heavy (non-hydrogen) atoms. The van der Waals surface area contributed by atoms with Crippen LogP contribution in [0.3, 0.4) is 0 Å². The van der Waals surface area contributed by atoms with Gasteiger partial charge in [0.2, 0.25) is 0 Å². The lowest BCUT2D eigenvalue weighted by Gasteiger charge is -2.44. The SMILES string of the molecule is CCC[C@@]12CCCN1CCc1ccccc12. The summed E-state index contributed by atoms with van der Waals surface area (Å²) in [6.07, 6.45) is 6.64. The number of hydrogen-bond acceptors (Lipinski definition) is 1. The summed E-state index contributed by atoms with van der Waals surface area (Å²) in [6, 6.07) is 9.13. The van der Waals surface area contributed by atoms with Crippen LogP contribution in [0.2, 0.25) is 0 Å². The third-order valence-electron chi connectivity index (χ3n) is 4.46. The monoisotopic (exact) mass is 215 g/mol. The smallest absolute Gasteiger partial charge is 0.0463 e. The molecular weight excluding hydrogens is 194 g/mol. The van der Waals surface area contributed by atoms with Gasteiger partial charge in [0, 0.05) is 12.1 Å². The van der Waals surface area contributed by atoms with Crippen LogP contribution in [-0.2, 0) is 12.0 Å². The summed E-state index contributed by atoms with van der Waals surface area (Å²) >= 11 is 0. The van der Waals surface area contributed by atoms with Crippen LogP contribution in [-0.4, -0.2) is 18.0 Å². The lowest BCUT2D eigenvalue weighted by molar-refractivity contribution is 0.112. The predicted molar refractivity (Wildman–Crippen MR) is 67.5 cm³/mol. The first kappa shape index (κ1) is 10.3. The number of rotatable bonds is 2. The maximum absolute atomic E-state index is 2.75. The van der Waals surface area contributed by atoms with Gasteiger partial charge >= 0.3 is 0 Å². The highest BCUT2D eigenvalue weighted by Crippen LogP contribution is 2.46. The highest BCUT2D eigenvalue weighted by Gasteiger charge is 2.44. The molecule has 2 aliphatic heterocycles. The summed E-state index contributed by atoms with van der Waals surface area (Å²) < 4.78 is 0. The van der Waals surface area contributed by atoms with Crippen molar-refractivity contribution < 1.29 is 0 Å². The Morgan fingerprint density at radius 3 is 3.00 bits per heavy atom. The summed E-state index contributed by atoms with van der Waals surface area (Å²) in [4.78, 5) is 2.75. The summed E-state index contributed by atoms with van der Waals surface area (Å²) in [5.41, 5.74) is 3.65. The Morgan fingerprint density at radius 1 is 1.25 bits per heavy atom. The summed E-state index contributed by atoms with van der Waals surface area (Å²) in [6.45, 7) is 4.91. The molecule has 1 aromatic carbocycles. The van der Waals surface area contributed by atoms with Gasteiger partial charge in [-0.1, -0.05) is 37.6 Å². The Morgan fingerprint density at radius 2 is 2.12 bits per heavy atom. The summed E-state index contributed by atoms with van der Waals surface area (Å²) in [5.74, 6) is 0. The minimum atomic E-state index is 0.406. The second-order valence-electron chi connectivity index (χ2n) is 5.28. The topological polar surface area (TPSA) is 3.24 Å². The van der Waals surface area contributed by atoms with E-state index >= 15 is 0 Å². The Kier molecular flexibility index (Phi) is 2.51. The lowest BCUT2D eigenvalue weighted by atomic mass is 9.77. The quantitative estimate of drug-likeness (QED) is 0.731. The Balaban J connectivity index is 2.09. The average Bonchev–Trinajstić information content (AvgIpc) is 2.73. The van der Waals surface area contributed by atoms with E-state index < -0.39 is 0 Å². The van der Waals surface area contributed by atoms with E-state index in [4.69, 9.17) is 0 Å². The fraction of sp³-hybridized carbons (Fsp3) is 0.600. The van der Waals surface area contributed by atoms with Crippen LogP contribution < -0.4 is 0 Å². The first-order valence-corrected chi connectivity index (χ1v) is 6.70. The van der Waals surface area contributed by atoms with Gasteiger partial charge < -0.3 is 0 Å². The second kappa shape index (κ2) is 3.89. The number of hydrogen-bond donors (Lipinski definition) is 0. The van der Waals surface area contributed by atoms with Crippen molar-refractivity contribution in [3.8, 4) is 0 Å². The van der Waals surface area contributed by atoms with Crippen molar-refractivity contribution >= 4 is 0 Å². The molecule has 2 heterocycles. The zero-order valence-electron chi connectivity index (χ0n) is 10.2. The molecule has 1 nitrogen and oxygen atoms in total. The van der Waals surface area contributed by atoms with Gasteiger partial charge in [-0.05, 0) is 43.4 Å². The predicted octanol–water partition coefficient (Wildman–Crippen LogP) is 3.33. The number of nitrogens with zero attached hydrogens (tertiary/aromatic N) is 1. The first-order chi connectivity index (χ1) is 7.87. The molecule has 0 aromatic heterocycles. The van der Waals surface area contributed by atoms with Crippen LogP contribution in [0.25, 0.3) is 0 Å². The van der Waals surface area contributed by atoms with Crippen LogP contribution in [0.15, 0.2) is 24.3 Å². The van der Waals surface area contributed by atoms with Crippen LogP contribution in [0.4, 0.5) is 0 Å². The zero-order chi connectivity index (χ0) is 11.0. The van der Waals surface area contributed by atoms with E-state index in [2.05, 4.69) is 36.1 Å². The molecule has 0 spiro atoms. The number of benzene rings is 1. The maximum atomic E-state index is 2.75. The van der Waals surface area contributed by atoms with Gasteiger partial charge in [0.1, 0.15) is 0 Å². The van der Waals surface area contributed by atoms with E-state index in [1.54, 1.807) is 11.1 Å². The third-order valence-corrected chi connectivity index (χ3v) is 4.46. The highest BCUT2D eigenvalue weighted by molar-refractivity contribution is 5.37. The van der Waals surface area contributed by atoms with E-state index in [1.165, 1.54) is 45.2 Å². The van der Waals surface area contributed by atoms with Gasteiger partial charge in [-0.2, -0.15) is 0 Å². The molecule has 0 aliphatic carbocycles. The van der Waals surface area contributed by atoms with Gasteiger partial charge in [0.25, 0.3) is 0 Å². The third kappa shape index (κ3) is 1.34. The Hall–Kier alpha value is -0.820. The molecular formula is C15H21N. The Labute approximate surface area is 98.5 Å². The molecule has 0 amide bonds. The molecule has 0 saturated carbocycles. The Bertz CT molecular complexity index is 385. The molecule has 1 aromatic rings. The molecule has 1 fully saturated rings. The summed E-state index contributed by atoms with van der Waals surface area (Å²) in [5, 5.41) is 0. The fourth-order valence-corrected chi connectivity index (χ4v) is 3.84. The first-order valence-electron chi connectivity index (χ1n) is 6.70. The van der Waals surface area contributed by atoms with E-state index in [0.29, 0.717) is 5.54 Å². The van der Waals surface area contributed by atoms with Gasteiger partial charge in [-0.15, -0.1) is 0 Å². The number of fused-ring (bicyclic) bond motifs is 3. The van der Waals surface area contributed by atoms with E-state index in [0.717, 1.165) is 0 Å². The van der Waals surface area contributed by atoms with Gasteiger partial charge in [0.15, 0.2) is 0 Å². The van der Waals surface area contributed by atoms with Crippen LogP contribution in [0.5, 0.6) is 0 Å². The van der Waals surface area contributed by atoms with Crippen LogP contribution >= 0.6 is 0 Å². The van der Waals surface area contributed by atoms with Crippen molar-refractivity contribution in [2.45, 2.75) is 44.6 Å². The van der Waals surface area contributed by atoms with Gasteiger partial charge in [0.05, 0.1) is 0 Å². The highest BCUT2D eigenvalue weighted by atomic mass is 15.2. The van der Waals surface area contributed by atoms with Crippen molar-refractivity contribution in [2.75, 3.05) is 13.1 Å². The molecule has 3 rings (SSSR count). The fourth-order valence-electron chi connectivity index (χ4n) is 3.84. The molecule has 1 atom stereocenters. The molecule has 0 bridgehead atoms. The standard InChI is InChI=1S/C15H21N/c1-2-9-15-10-5-11-16(15)12-8-13-6-3-4-7-14(13)15/h3-4,6-7H,2,5,8-12H2,1H3/t15-/m0/s1. The van der Waals surface area contributed by atoms with Crippen molar-refractivity contribution in [3.63, 3.8) is 0 Å². The molecule has 2 aliphatic rings. The molecule has 86 valence electrons. The molecule has 0 unspecified atom stereocenters. The summed E-state index contributed by atoms with van der Waals surface area (Å²) in [7, 11) is 0. The largest absolute Gasteiger partial charge is 0.293 e. The molecule has 1 saturated heterocycles. The van der Waals surface area contributed by atoms with E-state index in [9.17, 15) is 0 Å². The van der Waals surface area contributed by atoms with E-state index in [-0.39, 0.29) is 0 Å². The second-order valence-corrected chi connectivity index (χ2v) is 5.28. The van der Waals surface area contributed by atoms with Gasteiger partial charge in [-0.3, -0.25) is 4.90 Å².